The van der Waals surface area contributed by atoms with Gasteiger partial charge in [0.15, 0.2) is 0 Å². The average molecular weight is 382 g/mol. The SMILES string of the molecule is CCOC(=O)N1CCN(C2=Cc3cc(C)ccc3Oc3ccc(F)cc32)CC1. The zero-order valence-electron chi connectivity index (χ0n) is 16.1. The molecule has 2 heterocycles. The molecule has 0 spiro atoms. The first kappa shape index (κ1) is 18.3. The normalized spacial score (nSPS) is 15.8. The quantitative estimate of drug-likeness (QED) is 0.766. The molecule has 0 N–H and O–H groups in total. The largest absolute Gasteiger partial charge is 0.456 e. The summed E-state index contributed by atoms with van der Waals surface area (Å²) in [6.45, 7) is 6.59. The van der Waals surface area contributed by atoms with Gasteiger partial charge in [0.1, 0.15) is 17.3 Å². The van der Waals surface area contributed by atoms with Crippen LogP contribution < -0.4 is 4.74 Å². The Morgan fingerprint density at radius 3 is 2.61 bits per heavy atom. The summed E-state index contributed by atoms with van der Waals surface area (Å²) in [6.07, 6.45) is 1.76. The van der Waals surface area contributed by atoms with Crippen molar-refractivity contribution in [2.45, 2.75) is 13.8 Å². The highest BCUT2D eigenvalue weighted by Gasteiger charge is 2.27. The van der Waals surface area contributed by atoms with Crippen LogP contribution in [0.4, 0.5) is 9.18 Å². The van der Waals surface area contributed by atoms with E-state index in [4.69, 9.17) is 9.47 Å². The second-order valence-corrected chi connectivity index (χ2v) is 6.99. The summed E-state index contributed by atoms with van der Waals surface area (Å²) in [4.78, 5) is 15.9. The lowest BCUT2D eigenvalue weighted by Gasteiger charge is -2.36. The second kappa shape index (κ2) is 7.54. The van der Waals surface area contributed by atoms with Crippen molar-refractivity contribution >= 4 is 17.9 Å². The van der Waals surface area contributed by atoms with Gasteiger partial charge in [-0.25, -0.2) is 9.18 Å². The predicted octanol–water partition coefficient (Wildman–Crippen LogP) is 4.51. The minimum atomic E-state index is -0.305. The Kier molecular flexibility index (Phi) is 4.94. The van der Waals surface area contributed by atoms with E-state index in [1.54, 1.807) is 17.9 Å². The third-order valence-corrected chi connectivity index (χ3v) is 5.04. The fourth-order valence-electron chi connectivity index (χ4n) is 3.61. The molecule has 4 rings (SSSR count). The molecule has 0 unspecified atom stereocenters. The van der Waals surface area contributed by atoms with E-state index in [2.05, 4.69) is 11.0 Å². The van der Waals surface area contributed by atoms with Crippen LogP contribution in [0.25, 0.3) is 11.8 Å². The Morgan fingerprint density at radius 2 is 1.86 bits per heavy atom. The predicted molar refractivity (Wildman–Crippen MR) is 106 cm³/mol. The number of fused-ring (bicyclic) bond motifs is 2. The van der Waals surface area contributed by atoms with E-state index in [1.807, 2.05) is 25.1 Å². The Balaban J connectivity index is 1.68. The highest BCUT2D eigenvalue weighted by molar-refractivity contribution is 5.86. The summed E-state index contributed by atoms with van der Waals surface area (Å²) in [6, 6.07) is 10.6. The summed E-state index contributed by atoms with van der Waals surface area (Å²) < 4.78 is 25.2. The zero-order chi connectivity index (χ0) is 19.7. The number of benzene rings is 2. The van der Waals surface area contributed by atoms with Gasteiger partial charge in [-0.2, -0.15) is 0 Å². The molecule has 0 radical (unpaired) electrons. The van der Waals surface area contributed by atoms with Crippen LogP contribution in [0.15, 0.2) is 36.4 Å². The molecular weight excluding hydrogens is 359 g/mol. The number of halogens is 1. The van der Waals surface area contributed by atoms with Crippen LogP contribution in [-0.4, -0.2) is 48.7 Å². The first-order valence-corrected chi connectivity index (χ1v) is 9.52. The Labute approximate surface area is 164 Å². The standard InChI is InChI=1S/C22H23FN2O3/c1-3-27-22(26)25-10-8-24(9-11-25)19-13-16-12-15(2)4-6-20(16)28-21-7-5-17(23)14-18(19)21/h4-7,12-14H,3,8-11H2,1-2H3. The van der Waals surface area contributed by atoms with Crippen LogP contribution in [0.3, 0.4) is 0 Å². The van der Waals surface area contributed by atoms with E-state index >= 15 is 0 Å². The van der Waals surface area contributed by atoms with Crippen molar-refractivity contribution < 1.29 is 18.7 Å². The molecule has 2 aliphatic rings. The van der Waals surface area contributed by atoms with Crippen molar-refractivity contribution in [2.24, 2.45) is 0 Å². The van der Waals surface area contributed by atoms with Gasteiger partial charge in [0.2, 0.25) is 0 Å². The Hall–Kier alpha value is -3.02. The van der Waals surface area contributed by atoms with Gasteiger partial charge in [-0.3, -0.25) is 0 Å². The molecule has 0 bridgehead atoms. The third kappa shape index (κ3) is 3.54. The summed E-state index contributed by atoms with van der Waals surface area (Å²) in [5.41, 5.74) is 3.71. The van der Waals surface area contributed by atoms with Crippen LogP contribution in [0.5, 0.6) is 11.5 Å². The van der Waals surface area contributed by atoms with Gasteiger partial charge < -0.3 is 19.3 Å². The molecule has 6 heteroatoms. The van der Waals surface area contributed by atoms with Gasteiger partial charge in [0, 0.05) is 43.0 Å². The van der Waals surface area contributed by atoms with E-state index in [9.17, 15) is 9.18 Å². The number of amides is 1. The number of nitrogens with zero attached hydrogens (tertiary/aromatic N) is 2. The molecule has 0 saturated carbocycles. The maximum Gasteiger partial charge on any atom is 0.409 e. The van der Waals surface area contributed by atoms with E-state index in [0.29, 0.717) is 38.5 Å². The van der Waals surface area contributed by atoms with Crippen molar-refractivity contribution in [2.75, 3.05) is 32.8 Å². The molecule has 1 fully saturated rings. The number of ether oxygens (including phenoxy) is 2. The van der Waals surface area contributed by atoms with E-state index < -0.39 is 0 Å². The lowest BCUT2D eigenvalue weighted by molar-refractivity contribution is 0.0907. The number of hydrogen-bond donors (Lipinski definition) is 0. The van der Waals surface area contributed by atoms with Crippen LogP contribution in [0.1, 0.15) is 23.6 Å². The van der Waals surface area contributed by atoms with E-state index in [1.165, 1.54) is 12.1 Å². The highest BCUT2D eigenvalue weighted by atomic mass is 19.1. The zero-order valence-corrected chi connectivity index (χ0v) is 16.1. The molecule has 5 nitrogen and oxygen atoms in total. The number of rotatable bonds is 2. The minimum Gasteiger partial charge on any atom is -0.456 e. The molecule has 1 saturated heterocycles. The van der Waals surface area contributed by atoms with E-state index in [0.717, 1.165) is 28.1 Å². The fraction of sp³-hybridized carbons (Fsp3) is 0.318. The lowest BCUT2D eigenvalue weighted by atomic mass is 10.0. The topological polar surface area (TPSA) is 42.0 Å². The molecule has 2 aliphatic heterocycles. The summed E-state index contributed by atoms with van der Waals surface area (Å²) in [5, 5.41) is 0. The number of aryl methyl sites for hydroxylation is 1. The highest BCUT2D eigenvalue weighted by Crippen LogP contribution is 2.40. The molecular formula is C22H23FN2O3. The van der Waals surface area contributed by atoms with Crippen LogP contribution >= 0.6 is 0 Å². The number of hydrogen-bond acceptors (Lipinski definition) is 4. The first-order valence-electron chi connectivity index (χ1n) is 9.52. The average Bonchev–Trinajstić information content (AvgIpc) is 2.84. The Morgan fingerprint density at radius 1 is 1.11 bits per heavy atom. The van der Waals surface area contributed by atoms with Gasteiger partial charge in [0.25, 0.3) is 0 Å². The van der Waals surface area contributed by atoms with Crippen molar-refractivity contribution in [3.8, 4) is 11.5 Å². The van der Waals surface area contributed by atoms with Crippen molar-refractivity contribution in [3.05, 3.63) is 58.9 Å². The molecule has 0 atom stereocenters. The van der Waals surface area contributed by atoms with Gasteiger partial charge in [-0.05, 0) is 50.3 Å². The summed E-state index contributed by atoms with van der Waals surface area (Å²) >= 11 is 0. The monoisotopic (exact) mass is 382 g/mol. The summed E-state index contributed by atoms with van der Waals surface area (Å²) in [7, 11) is 0. The van der Waals surface area contributed by atoms with Crippen LogP contribution in [-0.2, 0) is 4.74 Å². The molecule has 1 amide bonds. The maximum absolute atomic E-state index is 14.0. The summed E-state index contributed by atoms with van der Waals surface area (Å²) in [5.74, 6) is 1.07. The second-order valence-electron chi connectivity index (χ2n) is 6.99. The smallest absolute Gasteiger partial charge is 0.409 e. The number of carbonyl (C=O) groups excluding carboxylic acids is 1. The lowest BCUT2D eigenvalue weighted by Crippen LogP contribution is -2.48. The van der Waals surface area contributed by atoms with Crippen molar-refractivity contribution in [1.82, 2.24) is 9.80 Å². The van der Waals surface area contributed by atoms with Crippen LogP contribution in [0, 0.1) is 12.7 Å². The van der Waals surface area contributed by atoms with Gasteiger partial charge in [-0.1, -0.05) is 11.6 Å². The molecule has 28 heavy (non-hydrogen) atoms. The Bertz CT molecular complexity index is 933. The minimum absolute atomic E-state index is 0.284. The third-order valence-electron chi connectivity index (χ3n) is 5.04. The number of carbonyl (C=O) groups is 1. The van der Waals surface area contributed by atoms with Crippen molar-refractivity contribution in [3.63, 3.8) is 0 Å². The molecule has 0 aliphatic carbocycles. The maximum atomic E-state index is 14.0. The molecule has 146 valence electrons. The fourth-order valence-corrected chi connectivity index (χ4v) is 3.61. The molecule has 0 aromatic heterocycles. The molecule has 2 aromatic carbocycles. The first-order chi connectivity index (χ1) is 13.5. The van der Waals surface area contributed by atoms with Gasteiger partial charge >= 0.3 is 6.09 Å². The molecule has 2 aromatic rings. The number of piperazine rings is 1. The van der Waals surface area contributed by atoms with Crippen LogP contribution in [0.2, 0.25) is 0 Å². The van der Waals surface area contributed by atoms with Gasteiger partial charge in [0.05, 0.1) is 6.61 Å². The van der Waals surface area contributed by atoms with Gasteiger partial charge in [-0.15, -0.1) is 0 Å². The van der Waals surface area contributed by atoms with E-state index in [-0.39, 0.29) is 11.9 Å². The van der Waals surface area contributed by atoms with Crippen molar-refractivity contribution in [1.29, 1.82) is 0 Å².